The minimum absolute atomic E-state index is 0.0405. The van der Waals surface area contributed by atoms with Crippen LogP contribution in [-0.2, 0) is 0 Å². The van der Waals surface area contributed by atoms with E-state index in [0.717, 1.165) is 18.5 Å². The largest absolute Gasteiger partial charge is 0.308 e. The number of nitro benzene ring substituents is 1. The Morgan fingerprint density at radius 2 is 1.86 bits per heavy atom. The Morgan fingerprint density at radius 3 is 2.38 bits per heavy atom. The summed E-state index contributed by atoms with van der Waals surface area (Å²) in [5.74, 6) is 0.626. The molecular weight excluding hydrogens is 266 g/mol. The van der Waals surface area contributed by atoms with Crippen molar-refractivity contribution in [2.45, 2.75) is 39.3 Å². The zero-order valence-electron chi connectivity index (χ0n) is 13.7. The fourth-order valence-corrected chi connectivity index (χ4v) is 2.46. The maximum absolute atomic E-state index is 11.1. The van der Waals surface area contributed by atoms with Crippen LogP contribution in [0.3, 0.4) is 0 Å². The molecule has 1 aromatic carbocycles. The second-order valence-corrected chi connectivity index (χ2v) is 6.19. The van der Waals surface area contributed by atoms with Crippen molar-refractivity contribution in [1.82, 2.24) is 10.2 Å². The quantitative estimate of drug-likeness (QED) is 0.590. The van der Waals surface area contributed by atoms with E-state index in [1.54, 1.807) is 12.1 Å². The number of hydrogen-bond acceptors (Lipinski definition) is 4. The maximum Gasteiger partial charge on any atom is 0.274 e. The van der Waals surface area contributed by atoms with Crippen LogP contribution in [0.15, 0.2) is 24.3 Å². The predicted octanol–water partition coefficient (Wildman–Crippen LogP) is 3.22. The average molecular weight is 293 g/mol. The number of nitrogens with one attached hydrogen (secondary N) is 1. The molecule has 2 unspecified atom stereocenters. The van der Waals surface area contributed by atoms with Crippen molar-refractivity contribution < 1.29 is 4.92 Å². The van der Waals surface area contributed by atoms with E-state index >= 15 is 0 Å². The van der Waals surface area contributed by atoms with Gasteiger partial charge in [-0.1, -0.05) is 32.0 Å². The van der Waals surface area contributed by atoms with Crippen LogP contribution in [0.25, 0.3) is 0 Å². The molecule has 0 radical (unpaired) electrons. The molecular formula is C16H27N3O2. The number of benzene rings is 1. The Kier molecular flexibility index (Phi) is 6.78. The summed E-state index contributed by atoms with van der Waals surface area (Å²) in [6, 6.07) is 7.32. The molecule has 118 valence electrons. The van der Waals surface area contributed by atoms with Crippen LogP contribution in [0.4, 0.5) is 5.69 Å². The molecule has 5 heteroatoms. The third-order valence-electron chi connectivity index (χ3n) is 3.73. The molecule has 0 saturated heterocycles. The Labute approximate surface area is 127 Å². The van der Waals surface area contributed by atoms with Crippen molar-refractivity contribution >= 4 is 5.69 Å². The van der Waals surface area contributed by atoms with Crippen LogP contribution in [0, 0.1) is 16.0 Å². The Morgan fingerprint density at radius 1 is 1.24 bits per heavy atom. The zero-order valence-corrected chi connectivity index (χ0v) is 13.7. The number of rotatable bonds is 8. The van der Waals surface area contributed by atoms with E-state index in [1.807, 2.05) is 19.1 Å². The van der Waals surface area contributed by atoms with Gasteiger partial charge in [-0.25, -0.2) is 0 Å². The van der Waals surface area contributed by atoms with Crippen LogP contribution >= 0.6 is 0 Å². The van der Waals surface area contributed by atoms with Crippen molar-refractivity contribution in [2.75, 3.05) is 20.6 Å². The minimum atomic E-state index is -0.314. The lowest BCUT2D eigenvalue weighted by molar-refractivity contribution is -0.385. The first-order valence-electron chi connectivity index (χ1n) is 7.46. The molecule has 1 rings (SSSR count). The summed E-state index contributed by atoms with van der Waals surface area (Å²) in [5.41, 5.74) is 0.923. The van der Waals surface area contributed by atoms with E-state index in [1.165, 1.54) is 0 Å². The number of nitrogens with zero attached hydrogens (tertiary/aromatic N) is 2. The van der Waals surface area contributed by atoms with Crippen LogP contribution in [0.5, 0.6) is 0 Å². The van der Waals surface area contributed by atoms with Gasteiger partial charge in [-0.3, -0.25) is 10.1 Å². The highest BCUT2D eigenvalue weighted by Crippen LogP contribution is 2.24. The van der Waals surface area contributed by atoms with Crippen LogP contribution in [0.1, 0.15) is 38.8 Å². The minimum Gasteiger partial charge on any atom is -0.308 e. The molecule has 1 N–H and O–H groups in total. The van der Waals surface area contributed by atoms with E-state index < -0.39 is 0 Å². The number of nitro groups is 1. The Bertz CT molecular complexity index is 461. The molecule has 0 spiro atoms. The average Bonchev–Trinajstić information content (AvgIpc) is 2.42. The molecule has 21 heavy (non-hydrogen) atoms. The molecule has 2 atom stereocenters. The third kappa shape index (κ3) is 5.44. The van der Waals surface area contributed by atoms with Gasteiger partial charge in [-0.15, -0.1) is 0 Å². The summed E-state index contributed by atoms with van der Waals surface area (Å²) in [4.78, 5) is 13.0. The smallest absolute Gasteiger partial charge is 0.274 e. The lowest BCUT2D eigenvalue weighted by atomic mass is 10.0. The first-order valence-corrected chi connectivity index (χ1v) is 7.46. The monoisotopic (exact) mass is 293 g/mol. The van der Waals surface area contributed by atoms with Gasteiger partial charge >= 0.3 is 0 Å². The van der Waals surface area contributed by atoms with Gasteiger partial charge < -0.3 is 10.2 Å². The summed E-state index contributed by atoms with van der Waals surface area (Å²) in [6.45, 7) is 7.22. The fourth-order valence-electron chi connectivity index (χ4n) is 2.46. The molecule has 1 aromatic rings. The zero-order chi connectivity index (χ0) is 16.0. The number of likely N-dealkylation sites (N-methyl/N-ethyl adjacent to an activating group) is 1. The molecule has 0 saturated carbocycles. The van der Waals surface area contributed by atoms with Gasteiger partial charge in [-0.05, 0) is 33.4 Å². The van der Waals surface area contributed by atoms with Gasteiger partial charge in [-0.2, -0.15) is 0 Å². The van der Waals surface area contributed by atoms with Gasteiger partial charge in [0.25, 0.3) is 5.69 Å². The SMILES string of the molecule is CC(C)CC(CNC(C)c1ccccc1[N+](=O)[O-])N(C)C. The predicted molar refractivity (Wildman–Crippen MR) is 86.4 cm³/mol. The lowest BCUT2D eigenvalue weighted by Gasteiger charge is -2.28. The van der Waals surface area contributed by atoms with Crippen molar-refractivity contribution in [3.63, 3.8) is 0 Å². The maximum atomic E-state index is 11.1. The van der Waals surface area contributed by atoms with Gasteiger partial charge in [0.2, 0.25) is 0 Å². The highest BCUT2D eigenvalue weighted by molar-refractivity contribution is 5.41. The Hall–Kier alpha value is -1.46. The van der Waals surface area contributed by atoms with Crippen LogP contribution in [0.2, 0.25) is 0 Å². The summed E-state index contributed by atoms with van der Waals surface area (Å²) in [5, 5.41) is 14.5. The molecule has 0 bridgehead atoms. The van der Waals surface area contributed by atoms with E-state index in [4.69, 9.17) is 0 Å². The summed E-state index contributed by atoms with van der Waals surface area (Å²) < 4.78 is 0. The topological polar surface area (TPSA) is 58.4 Å². The highest BCUT2D eigenvalue weighted by atomic mass is 16.6. The van der Waals surface area contributed by atoms with Gasteiger partial charge in [0, 0.05) is 30.3 Å². The molecule has 0 fully saturated rings. The summed E-state index contributed by atoms with van der Waals surface area (Å²) >= 11 is 0. The molecule has 0 amide bonds. The van der Waals surface area contributed by atoms with Gasteiger partial charge in [0.15, 0.2) is 0 Å². The van der Waals surface area contributed by atoms with Crippen LogP contribution < -0.4 is 5.32 Å². The van der Waals surface area contributed by atoms with E-state index in [0.29, 0.717) is 12.0 Å². The lowest BCUT2D eigenvalue weighted by Crippen LogP contribution is -2.39. The fraction of sp³-hybridized carbons (Fsp3) is 0.625. The molecule has 5 nitrogen and oxygen atoms in total. The summed E-state index contributed by atoms with van der Waals surface area (Å²) in [7, 11) is 4.15. The second-order valence-electron chi connectivity index (χ2n) is 6.19. The molecule has 0 aliphatic carbocycles. The number of hydrogen-bond donors (Lipinski definition) is 1. The standard InChI is InChI=1S/C16H27N3O2/c1-12(2)10-14(18(4)5)11-17-13(3)15-8-6-7-9-16(15)19(20)21/h6-9,12-14,17H,10-11H2,1-5H3. The molecule has 0 aliphatic heterocycles. The first kappa shape index (κ1) is 17.6. The van der Waals surface area contributed by atoms with Crippen LogP contribution in [-0.4, -0.2) is 36.5 Å². The summed E-state index contributed by atoms with van der Waals surface area (Å²) in [6.07, 6.45) is 1.10. The number of para-hydroxylation sites is 1. The molecule has 0 aliphatic rings. The normalized spacial score (nSPS) is 14.4. The third-order valence-corrected chi connectivity index (χ3v) is 3.73. The van der Waals surface area contributed by atoms with Gasteiger partial charge in [0.05, 0.1) is 4.92 Å². The van der Waals surface area contributed by atoms with Gasteiger partial charge in [0.1, 0.15) is 0 Å². The highest BCUT2D eigenvalue weighted by Gasteiger charge is 2.20. The van der Waals surface area contributed by atoms with E-state index in [-0.39, 0.29) is 16.7 Å². The van der Waals surface area contributed by atoms with Crippen molar-refractivity contribution in [1.29, 1.82) is 0 Å². The first-order chi connectivity index (χ1) is 9.82. The Balaban J connectivity index is 2.72. The van der Waals surface area contributed by atoms with Crippen molar-refractivity contribution in [2.24, 2.45) is 5.92 Å². The van der Waals surface area contributed by atoms with E-state index in [2.05, 4.69) is 38.2 Å². The van der Waals surface area contributed by atoms with Crippen molar-refractivity contribution in [3.8, 4) is 0 Å². The van der Waals surface area contributed by atoms with E-state index in [9.17, 15) is 10.1 Å². The second kappa shape index (κ2) is 8.10. The van der Waals surface area contributed by atoms with Crippen molar-refractivity contribution in [3.05, 3.63) is 39.9 Å². The molecule has 0 aromatic heterocycles. The molecule has 0 heterocycles.